The first-order chi connectivity index (χ1) is 5.73. The lowest BCUT2D eigenvalue weighted by Gasteiger charge is -2.38. The zero-order valence-corrected chi connectivity index (χ0v) is 7.55. The SMILES string of the molecule is CCN([C]=O)C1(O)CCCCC1. The van der Waals surface area contributed by atoms with Crippen LogP contribution in [0.15, 0.2) is 0 Å². The van der Waals surface area contributed by atoms with Crippen molar-refractivity contribution in [2.45, 2.75) is 44.8 Å². The molecule has 1 amide bonds. The van der Waals surface area contributed by atoms with Crippen LogP contribution in [0.3, 0.4) is 0 Å². The zero-order valence-electron chi connectivity index (χ0n) is 7.55. The third kappa shape index (κ3) is 1.78. The van der Waals surface area contributed by atoms with Gasteiger partial charge in [-0.25, -0.2) is 0 Å². The van der Waals surface area contributed by atoms with E-state index in [0.717, 1.165) is 12.8 Å². The maximum atomic E-state index is 10.5. The fourth-order valence-electron chi connectivity index (χ4n) is 1.83. The van der Waals surface area contributed by atoms with Crippen molar-refractivity contribution in [3.8, 4) is 0 Å². The molecule has 1 aliphatic carbocycles. The van der Waals surface area contributed by atoms with E-state index in [-0.39, 0.29) is 0 Å². The third-order valence-corrected chi connectivity index (χ3v) is 2.58. The molecule has 0 unspecified atom stereocenters. The van der Waals surface area contributed by atoms with Crippen LogP contribution in [0.4, 0.5) is 0 Å². The summed E-state index contributed by atoms with van der Waals surface area (Å²) in [7, 11) is 0. The molecule has 1 fully saturated rings. The van der Waals surface area contributed by atoms with Gasteiger partial charge in [-0.15, -0.1) is 0 Å². The summed E-state index contributed by atoms with van der Waals surface area (Å²) in [5, 5.41) is 9.99. The molecule has 0 saturated heterocycles. The standard InChI is InChI=1S/C9H16NO2/c1-2-10(8-11)9(12)6-4-3-5-7-9/h12H,2-7H2,1H3. The molecule has 3 heteroatoms. The van der Waals surface area contributed by atoms with Gasteiger partial charge in [-0.05, 0) is 32.6 Å². The van der Waals surface area contributed by atoms with Crippen molar-refractivity contribution in [1.29, 1.82) is 0 Å². The first kappa shape index (κ1) is 9.52. The van der Waals surface area contributed by atoms with Crippen LogP contribution in [0.5, 0.6) is 0 Å². The lowest BCUT2D eigenvalue weighted by Crippen LogP contribution is -2.49. The van der Waals surface area contributed by atoms with Crippen molar-refractivity contribution >= 4 is 6.41 Å². The molecule has 0 aliphatic heterocycles. The molecule has 0 aromatic carbocycles. The van der Waals surface area contributed by atoms with Gasteiger partial charge in [-0.3, -0.25) is 4.79 Å². The van der Waals surface area contributed by atoms with Crippen LogP contribution in [0.1, 0.15) is 39.0 Å². The molecule has 1 aliphatic rings. The molecule has 1 radical (unpaired) electrons. The van der Waals surface area contributed by atoms with Gasteiger partial charge in [0, 0.05) is 6.54 Å². The summed E-state index contributed by atoms with van der Waals surface area (Å²) >= 11 is 0. The molecule has 1 saturated carbocycles. The summed E-state index contributed by atoms with van der Waals surface area (Å²) in [6, 6.07) is 0. The van der Waals surface area contributed by atoms with Gasteiger partial charge in [0.25, 0.3) is 0 Å². The van der Waals surface area contributed by atoms with Gasteiger partial charge < -0.3 is 10.0 Å². The highest BCUT2D eigenvalue weighted by molar-refractivity contribution is 5.49. The molecule has 0 bridgehead atoms. The monoisotopic (exact) mass is 170 g/mol. The lowest BCUT2D eigenvalue weighted by molar-refractivity contribution is -0.0947. The number of aliphatic hydroxyl groups is 1. The third-order valence-electron chi connectivity index (χ3n) is 2.58. The lowest BCUT2D eigenvalue weighted by atomic mass is 9.91. The topological polar surface area (TPSA) is 40.5 Å². The summed E-state index contributed by atoms with van der Waals surface area (Å²) < 4.78 is 0. The minimum absolute atomic E-state index is 0.542. The average Bonchev–Trinajstić information content (AvgIpc) is 2.07. The van der Waals surface area contributed by atoms with Crippen molar-refractivity contribution < 1.29 is 9.90 Å². The van der Waals surface area contributed by atoms with E-state index in [1.165, 1.54) is 11.3 Å². The highest BCUT2D eigenvalue weighted by Gasteiger charge is 2.34. The molecule has 1 N–H and O–H groups in total. The number of hydrogen-bond acceptors (Lipinski definition) is 2. The molecule has 69 valence electrons. The summed E-state index contributed by atoms with van der Waals surface area (Å²) in [5.41, 5.74) is -0.894. The Morgan fingerprint density at radius 2 is 2.00 bits per heavy atom. The Labute approximate surface area is 73.4 Å². The predicted octanol–water partition coefficient (Wildman–Crippen LogP) is 1.03. The maximum Gasteiger partial charge on any atom is 0.314 e. The van der Waals surface area contributed by atoms with Crippen molar-refractivity contribution in [2.75, 3.05) is 6.54 Å². The normalized spacial score (nSPS) is 21.8. The first-order valence-electron chi connectivity index (χ1n) is 4.61. The molecule has 1 rings (SSSR count). The Balaban J connectivity index is 2.59. The van der Waals surface area contributed by atoms with Gasteiger partial charge in [0.05, 0.1) is 0 Å². The van der Waals surface area contributed by atoms with Crippen molar-refractivity contribution in [1.82, 2.24) is 4.90 Å². The van der Waals surface area contributed by atoms with E-state index in [2.05, 4.69) is 0 Å². The maximum absolute atomic E-state index is 10.5. The Hall–Kier alpha value is -0.570. The second-order valence-electron chi connectivity index (χ2n) is 3.38. The van der Waals surface area contributed by atoms with Gasteiger partial charge in [-0.1, -0.05) is 6.42 Å². The number of amides is 1. The molecular formula is C9H16NO2. The Morgan fingerprint density at radius 3 is 2.42 bits per heavy atom. The summed E-state index contributed by atoms with van der Waals surface area (Å²) in [5.74, 6) is 0. The molecule has 0 aromatic rings. The van der Waals surface area contributed by atoms with E-state index in [9.17, 15) is 9.90 Å². The molecule has 3 nitrogen and oxygen atoms in total. The van der Waals surface area contributed by atoms with Crippen LogP contribution in [-0.4, -0.2) is 28.7 Å². The van der Waals surface area contributed by atoms with Crippen LogP contribution in [-0.2, 0) is 4.79 Å². The van der Waals surface area contributed by atoms with Crippen molar-refractivity contribution in [2.24, 2.45) is 0 Å². The minimum Gasteiger partial charge on any atom is -0.371 e. The van der Waals surface area contributed by atoms with E-state index in [1.807, 2.05) is 6.92 Å². The fourth-order valence-corrected chi connectivity index (χ4v) is 1.83. The highest BCUT2D eigenvalue weighted by Crippen LogP contribution is 2.30. The van der Waals surface area contributed by atoms with Crippen LogP contribution in [0.25, 0.3) is 0 Å². The first-order valence-corrected chi connectivity index (χ1v) is 4.61. The van der Waals surface area contributed by atoms with Crippen LogP contribution >= 0.6 is 0 Å². The van der Waals surface area contributed by atoms with E-state index in [1.54, 1.807) is 6.41 Å². The zero-order chi connectivity index (χ0) is 9.03. The van der Waals surface area contributed by atoms with Gasteiger partial charge in [0.1, 0.15) is 5.72 Å². The quantitative estimate of drug-likeness (QED) is 0.507. The number of nitrogens with zero attached hydrogens (tertiary/aromatic N) is 1. The largest absolute Gasteiger partial charge is 0.371 e. The highest BCUT2D eigenvalue weighted by atomic mass is 16.3. The summed E-state index contributed by atoms with van der Waals surface area (Å²) in [4.78, 5) is 11.9. The number of rotatable bonds is 3. The smallest absolute Gasteiger partial charge is 0.314 e. The summed E-state index contributed by atoms with van der Waals surface area (Å²) in [6.07, 6.45) is 6.39. The second kappa shape index (κ2) is 3.90. The number of hydrogen-bond donors (Lipinski definition) is 1. The average molecular weight is 170 g/mol. The Morgan fingerprint density at radius 1 is 1.42 bits per heavy atom. The van der Waals surface area contributed by atoms with E-state index in [4.69, 9.17) is 0 Å². The molecule has 12 heavy (non-hydrogen) atoms. The Kier molecular flexibility index (Phi) is 3.09. The van der Waals surface area contributed by atoms with Crippen molar-refractivity contribution in [3.63, 3.8) is 0 Å². The van der Waals surface area contributed by atoms with Gasteiger partial charge in [0.15, 0.2) is 0 Å². The number of carbonyl (C=O) groups excluding carboxylic acids is 1. The molecule has 0 spiro atoms. The van der Waals surface area contributed by atoms with Crippen LogP contribution in [0.2, 0.25) is 0 Å². The molecule has 0 heterocycles. The minimum atomic E-state index is -0.894. The predicted molar refractivity (Wildman–Crippen MR) is 46.1 cm³/mol. The molecule has 0 aromatic heterocycles. The summed E-state index contributed by atoms with van der Waals surface area (Å²) in [6.45, 7) is 2.40. The molecular weight excluding hydrogens is 154 g/mol. The second-order valence-corrected chi connectivity index (χ2v) is 3.38. The van der Waals surface area contributed by atoms with Crippen molar-refractivity contribution in [3.05, 3.63) is 0 Å². The van der Waals surface area contributed by atoms with Crippen LogP contribution in [0, 0.1) is 0 Å². The molecule has 0 atom stereocenters. The van der Waals surface area contributed by atoms with Crippen LogP contribution < -0.4 is 0 Å². The van der Waals surface area contributed by atoms with Gasteiger partial charge in [0.2, 0.25) is 0 Å². The van der Waals surface area contributed by atoms with Gasteiger partial charge >= 0.3 is 6.41 Å². The van der Waals surface area contributed by atoms with E-state index in [0.29, 0.717) is 19.4 Å². The fraction of sp³-hybridized carbons (Fsp3) is 0.889. The van der Waals surface area contributed by atoms with E-state index < -0.39 is 5.72 Å². The Bertz CT molecular complexity index is 153. The van der Waals surface area contributed by atoms with Gasteiger partial charge in [-0.2, -0.15) is 0 Å². The van der Waals surface area contributed by atoms with E-state index >= 15 is 0 Å².